The molecule has 7 nitrogen and oxygen atoms in total. The van der Waals surface area contributed by atoms with E-state index in [1.54, 1.807) is 0 Å². The molecule has 0 bridgehead atoms. The number of H-pyrrole nitrogens is 1. The number of benzene rings is 1. The molecule has 0 aliphatic rings. The Morgan fingerprint density at radius 2 is 1.64 bits per heavy atom. The molecule has 1 aromatic carbocycles. The summed E-state index contributed by atoms with van der Waals surface area (Å²) in [5.41, 5.74) is 13.7. The number of fused-ring (bicyclic) bond motifs is 1. The van der Waals surface area contributed by atoms with Crippen LogP contribution in [-0.2, 0) is 11.2 Å². The number of unbranched alkanes of at least 4 members (excludes halogenated alkanes) is 1. The second kappa shape index (κ2) is 13.3. The summed E-state index contributed by atoms with van der Waals surface area (Å²) in [6.45, 7) is 5.36. The Bertz CT molecular complexity index is 686. The van der Waals surface area contributed by atoms with Gasteiger partial charge in [0.15, 0.2) is 0 Å². The van der Waals surface area contributed by atoms with Crippen molar-refractivity contribution in [3.05, 3.63) is 36.0 Å². The smallest absolute Gasteiger partial charge is 0.237 e. The van der Waals surface area contributed by atoms with Crippen LogP contribution in [-0.4, -0.2) is 56.2 Å². The van der Waals surface area contributed by atoms with E-state index in [4.69, 9.17) is 11.5 Å². The molecule has 1 atom stereocenters. The van der Waals surface area contributed by atoms with Crippen molar-refractivity contribution in [1.29, 1.82) is 0 Å². The first-order valence-electron chi connectivity index (χ1n) is 10.4. The van der Waals surface area contributed by atoms with Gasteiger partial charge >= 0.3 is 0 Å². The van der Waals surface area contributed by atoms with Crippen LogP contribution < -0.4 is 27.4 Å². The third-order valence-corrected chi connectivity index (χ3v) is 4.80. The zero-order valence-electron chi connectivity index (χ0n) is 16.8. The van der Waals surface area contributed by atoms with E-state index in [2.05, 4.69) is 20.9 Å². The van der Waals surface area contributed by atoms with Crippen molar-refractivity contribution in [3.63, 3.8) is 0 Å². The quantitative estimate of drug-likeness (QED) is 0.253. The molecule has 0 unspecified atom stereocenters. The maximum atomic E-state index is 12.2. The van der Waals surface area contributed by atoms with Crippen molar-refractivity contribution in [3.8, 4) is 0 Å². The molecule has 8 N–H and O–H groups in total. The lowest BCUT2D eigenvalue weighted by Crippen LogP contribution is -2.42. The third kappa shape index (κ3) is 7.98. The highest BCUT2D eigenvalue weighted by Gasteiger charge is 2.15. The first-order valence-corrected chi connectivity index (χ1v) is 10.4. The Labute approximate surface area is 168 Å². The lowest BCUT2D eigenvalue weighted by atomic mass is 10.1. The van der Waals surface area contributed by atoms with Crippen molar-refractivity contribution in [2.24, 2.45) is 11.5 Å². The van der Waals surface area contributed by atoms with E-state index in [1.807, 2.05) is 30.5 Å². The topological polar surface area (TPSA) is 121 Å². The maximum Gasteiger partial charge on any atom is 0.237 e. The molecular weight excluding hydrogens is 352 g/mol. The number of carbonyl (C=O) groups is 1. The van der Waals surface area contributed by atoms with Crippen LogP contribution in [0.25, 0.3) is 10.9 Å². The van der Waals surface area contributed by atoms with Crippen LogP contribution in [0.5, 0.6) is 0 Å². The van der Waals surface area contributed by atoms with E-state index in [-0.39, 0.29) is 5.91 Å². The molecule has 28 heavy (non-hydrogen) atoms. The van der Waals surface area contributed by atoms with Crippen molar-refractivity contribution < 1.29 is 4.79 Å². The molecule has 7 heteroatoms. The molecule has 0 radical (unpaired) electrons. The number of carbonyl (C=O) groups excluding carboxylic acids is 1. The number of hydrogen-bond acceptors (Lipinski definition) is 5. The van der Waals surface area contributed by atoms with Crippen LogP contribution in [0.4, 0.5) is 0 Å². The summed E-state index contributed by atoms with van der Waals surface area (Å²) in [5, 5.41) is 10.9. The van der Waals surface area contributed by atoms with Crippen molar-refractivity contribution >= 4 is 16.8 Å². The molecular formula is C21H36N6O. The second-order valence-electron chi connectivity index (χ2n) is 7.16. The molecule has 0 aliphatic carbocycles. The molecule has 0 fully saturated rings. The van der Waals surface area contributed by atoms with Gasteiger partial charge < -0.3 is 32.4 Å². The average Bonchev–Trinajstić information content (AvgIpc) is 3.11. The van der Waals surface area contributed by atoms with Crippen molar-refractivity contribution in [1.82, 2.24) is 20.9 Å². The predicted octanol–water partition coefficient (Wildman–Crippen LogP) is 0.852. The highest BCUT2D eigenvalue weighted by Crippen LogP contribution is 2.18. The summed E-state index contributed by atoms with van der Waals surface area (Å²) in [5.74, 6) is -0.0890. The molecule has 156 valence electrons. The van der Waals surface area contributed by atoms with Crippen LogP contribution >= 0.6 is 0 Å². The fourth-order valence-corrected chi connectivity index (χ4v) is 3.16. The molecule has 0 saturated heterocycles. The summed E-state index contributed by atoms with van der Waals surface area (Å²) in [4.78, 5) is 15.4. The summed E-state index contributed by atoms with van der Waals surface area (Å²) in [6, 6.07) is 7.53. The average molecular weight is 389 g/mol. The number of para-hydroxylation sites is 1. The standard InChI is InChI=1S/C21H36N6O/c22-9-5-12-24-10-3-4-11-25-13-6-14-26-21(28)19(23)15-17-16-27-20-8-2-1-7-18(17)20/h1-2,7-8,16,19,24-25,27H,3-6,9-15,22-23H2,(H,26,28)/t19-/m0/s1. The molecule has 0 aliphatic heterocycles. The van der Waals surface area contributed by atoms with Crippen molar-refractivity contribution in [2.45, 2.75) is 38.1 Å². The Morgan fingerprint density at radius 1 is 0.964 bits per heavy atom. The van der Waals surface area contributed by atoms with Gasteiger partial charge in [0.1, 0.15) is 0 Å². The van der Waals surface area contributed by atoms with Crippen molar-refractivity contribution in [2.75, 3.05) is 39.3 Å². The Kier molecular flexibility index (Phi) is 10.6. The highest BCUT2D eigenvalue weighted by molar-refractivity contribution is 5.86. The van der Waals surface area contributed by atoms with E-state index < -0.39 is 6.04 Å². The molecule has 2 rings (SSSR count). The van der Waals surface area contributed by atoms with Gasteiger partial charge in [0, 0.05) is 23.6 Å². The lowest BCUT2D eigenvalue weighted by Gasteiger charge is -2.12. The summed E-state index contributed by atoms with van der Waals surface area (Å²) >= 11 is 0. The summed E-state index contributed by atoms with van der Waals surface area (Å²) in [7, 11) is 0. The van der Waals surface area contributed by atoms with Gasteiger partial charge in [-0.15, -0.1) is 0 Å². The normalized spacial score (nSPS) is 12.4. The zero-order chi connectivity index (χ0) is 20.0. The Hall–Kier alpha value is -1.93. The fraction of sp³-hybridized carbons (Fsp3) is 0.571. The Balaban J connectivity index is 1.49. The van der Waals surface area contributed by atoms with E-state index in [1.165, 1.54) is 0 Å². The number of rotatable bonds is 15. The largest absolute Gasteiger partial charge is 0.361 e. The highest BCUT2D eigenvalue weighted by atomic mass is 16.2. The minimum absolute atomic E-state index is 0.0890. The van der Waals surface area contributed by atoms with Crippen LogP contribution in [0.15, 0.2) is 30.5 Å². The maximum absolute atomic E-state index is 12.2. The Morgan fingerprint density at radius 3 is 2.39 bits per heavy atom. The molecule has 1 amide bonds. The van der Waals surface area contributed by atoms with Gasteiger partial charge in [-0.25, -0.2) is 0 Å². The van der Waals surface area contributed by atoms with Gasteiger partial charge in [-0.3, -0.25) is 4.79 Å². The number of nitrogens with one attached hydrogen (secondary N) is 4. The number of amides is 1. The fourth-order valence-electron chi connectivity index (χ4n) is 3.16. The van der Waals surface area contributed by atoms with Gasteiger partial charge in [-0.1, -0.05) is 18.2 Å². The monoisotopic (exact) mass is 388 g/mol. The van der Waals surface area contributed by atoms with E-state index in [0.717, 1.165) is 74.9 Å². The van der Waals surface area contributed by atoms with Crippen LogP contribution in [0.3, 0.4) is 0 Å². The molecule has 1 aromatic heterocycles. The van der Waals surface area contributed by atoms with Gasteiger partial charge in [0.25, 0.3) is 0 Å². The van der Waals surface area contributed by atoms with Crippen LogP contribution in [0, 0.1) is 0 Å². The summed E-state index contributed by atoms with van der Waals surface area (Å²) in [6.07, 6.45) is 6.73. The lowest BCUT2D eigenvalue weighted by molar-refractivity contribution is -0.122. The summed E-state index contributed by atoms with van der Waals surface area (Å²) < 4.78 is 0. The van der Waals surface area contributed by atoms with E-state index >= 15 is 0 Å². The molecule has 2 aromatic rings. The number of aromatic nitrogens is 1. The molecule has 0 spiro atoms. The first kappa shape index (κ1) is 22.4. The van der Waals surface area contributed by atoms with Crippen LogP contribution in [0.1, 0.15) is 31.2 Å². The third-order valence-electron chi connectivity index (χ3n) is 4.80. The van der Waals surface area contributed by atoms with Gasteiger partial charge in [0.05, 0.1) is 6.04 Å². The molecule has 0 saturated carbocycles. The minimum atomic E-state index is -0.529. The molecule has 1 heterocycles. The van der Waals surface area contributed by atoms with Gasteiger partial charge in [-0.05, 0) is 76.5 Å². The SMILES string of the molecule is NCCCNCCCCNCCCNC(=O)[C@@H](N)Cc1c[nH]c2ccccc12. The minimum Gasteiger partial charge on any atom is -0.361 e. The number of aromatic amines is 1. The van der Waals surface area contributed by atoms with Gasteiger partial charge in [0.2, 0.25) is 5.91 Å². The van der Waals surface area contributed by atoms with E-state index in [9.17, 15) is 4.79 Å². The first-order chi connectivity index (χ1) is 13.7. The predicted molar refractivity (Wildman–Crippen MR) is 116 cm³/mol. The van der Waals surface area contributed by atoms with E-state index in [0.29, 0.717) is 13.0 Å². The second-order valence-corrected chi connectivity index (χ2v) is 7.16. The zero-order valence-corrected chi connectivity index (χ0v) is 16.8. The van der Waals surface area contributed by atoms with Crippen LogP contribution in [0.2, 0.25) is 0 Å². The number of hydrogen-bond donors (Lipinski definition) is 6. The number of nitrogens with two attached hydrogens (primary N) is 2. The van der Waals surface area contributed by atoms with Gasteiger partial charge in [-0.2, -0.15) is 0 Å².